The van der Waals surface area contributed by atoms with Gasteiger partial charge in [0.25, 0.3) is 5.91 Å². The molecule has 0 spiro atoms. The van der Waals surface area contributed by atoms with E-state index in [2.05, 4.69) is 20.2 Å². The largest absolute Gasteiger partial charge is 0.348 e. The lowest BCUT2D eigenvalue weighted by molar-refractivity contribution is 0.0948. The fraction of sp³-hybridized carbons (Fsp3) is 0.391. The number of aromatic nitrogens is 3. The average Bonchev–Trinajstić information content (AvgIpc) is 3.18. The van der Waals surface area contributed by atoms with E-state index in [4.69, 9.17) is 4.98 Å². The molecular weight excluding hydrogens is 413 g/mol. The fourth-order valence-corrected chi connectivity index (χ4v) is 4.72. The van der Waals surface area contributed by atoms with E-state index in [-0.39, 0.29) is 17.8 Å². The van der Waals surface area contributed by atoms with Crippen LogP contribution in [-0.4, -0.2) is 32.3 Å². The molecular formula is C23H26FN5OS. The Kier molecular flexibility index (Phi) is 6.67. The van der Waals surface area contributed by atoms with Crippen molar-refractivity contribution in [3.8, 4) is 0 Å². The second kappa shape index (κ2) is 9.62. The summed E-state index contributed by atoms with van der Waals surface area (Å²) < 4.78 is 13.0. The van der Waals surface area contributed by atoms with Gasteiger partial charge in [0, 0.05) is 30.4 Å². The van der Waals surface area contributed by atoms with Crippen LogP contribution in [0.3, 0.4) is 0 Å². The van der Waals surface area contributed by atoms with Gasteiger partial charge in [-0.3, -0.25) is 9.69 Å². The van der Waals surface area contributed by atoms with Crippen molar-refractivity contribution in [1.82, 2.24) is 25.2 Å². The smallest absolute Gasteiger partial charge is 0.254 e. The highest BCUT2D eigenvalue weighted by Crippen LogP contribution is 2.31. The standard InChI is InChI=1S/C23H26FN5OS/c1-15-20(23(30)27-11-17-6-8-18(24)9-7-17)13-26-22(28-15)21-5-3-4-10-29(21)14-19-12-25-16(2)31-19/h6-9,12-13,21H,3-5,10-11,14H2,1-2H3,(H,27,30)/t21-/m1/s1. The Morgan fingerprint density at radius 2 is 2.00 bits per heavy atom. The van der Waals surface area contributed by atoms with Crippen molar-refractivity contribution in [2.75, 3.05) is 6.54 Å². The van der Waals surface area contributed by atoms with Crippen LogP contribution in [0.2, 0.25) is 0 Å². The molecule has 1 fully saturated rings. The number of carbonyl (C=O) groups excluding carboxylic acids is 1. The van der Waals surface area contributed by atoms with Crippen molar-refractivity contribution in [1.29, 1.82) is 0 Å². The van der Waals surface area contributed by atoms with Gasteiger partial charge < -0.3 is 5.32 Å². The van der Waals surface area contributed by atoms with Crippen LogP contribution in [0.25, 0.3) is 0 Å². The Labute approximate surface area is 185 Å². The van der Waals surface area contributed by atoms with E-state index in [9.17, 15) is 9.18 Å². The van der Waals surface area contributed by atoms with Crippen LogP contribution in [0.4, 0.5) is 4.39 Å². The molecule has 4 rings (SSSR count). The van der Waals surface area contributed by atoms with E-state index in [0.717, 1.165) is 48.7 Å². The summed E-state index contributed by atoms with van der Waals surface area (Å²) in [4.78, 5) is 29.9. The van der Waals surface area contributed by atoms with Crippen molar-refractivity contribution in [2.24, 2.45) is 0 Å². The number of likely N-dealkylation sites (tertiary alicyclic amines) is 1. The van der Waals surface area contributed by atoms with Crippen LogP contribution in [0.15, 0.2) is 36.7 Å². The molecule has 1 N–H and O–H groups in total. The first kappa shape index (κ1) is 21.5. The molecule has 3 aromatic rings. The molecule has 31 heavy (non-hydrogen) atoms. The first-order valence-corrected chi connectivity index (χ1v) is 11.3. The maximum atomic E-state index is 13.0. The van der Waals surface area contributed by atoms with Crippen molar-refractivity contribution in [3.63, 3.8) is 0 Å². The first-order chi connectivity index (χ1) is 15.0. The van der Waals surface area contributed by atoms with Crippen LogP contribution in [-0.2, 0) is 13.1 Å². The summed E-state index contributed by atoms with van der Waals surface area (Å²) in [7, 11) is 0. The van der Waals surface area contributed by atoms with Crippen molar-refractivity contribution < 1.29 is 9.18 Å². The highest BCUT2D eigenvalue weighted by molar-refractivity contribution is 7.11. The predicted octanol–water partition coefficient (Wildman–Crippen LogP) is 4.35. The monoisotopic (exact) mass is 439 g/mol. The van der Waals surface area contributed by atoms with Crippen LogP contribution in [0.5, 0.6) is 0 Å². The van der Waals surface area contributed by atoms with Crippen LogP contribution in [0, 0.1) is 19.7 Å². The predicted molar refractivity (Wildman–Crippen MR) is 118 cm³/mol. The number of piperidine rings is 1. The number of carbonyl (C=O) groups is 1. The van der Waals surface area contributed by atoms with E-state index in [1.165, 1.54) is 17.0 Å². The lowest BCUT2D eigenvalue weighted by Crippen LogP contribution is -2.34. The van der Waals surface area contributed by atoms with Crippen molar-refractivity contribution in [2.45, 2.75) is 52.2 Å². The first-order valence-electron chi connectivity index (χ1n) is 10.5. The molecule has 162 valence electrons. The number of rotatable bonds is 6. The zero-order chi connectivity index (χ0) is 21.8. The van der Waals surface area contributed by atoms with Gasteiger partial charge in [-0.2, -0.15) is 0 Å². The van der Waals surface area contributed by atoms with E-state index >= 15 is 0 Å². The number of hydrogen-bond donors (Lipinski definition) is 1. The molecule has 0 saturated carbocycles. The molecule has 1 aliphatic heterocycles. The van der Waals surface area contributed by atoms with E-state index in [0.29, 0.717) is 17.8 Å². The zero-order valence-electron chi connectivity index (χ0n) is 17.8. The molecule has 1 aromatic carbocycles. The number of aryl methyl sites for hydroxylation is 2. The summed E-state index contributed by atoms with van der Waals surface area (Å²) in [6.07, 6.45) is 6.89. The van der Waals surface area contributed by atoms with Crippen LogP contribution >= 0.6 is 11.3 Å². The molecule has 0 unspecified atom stereocenters. The van der Waals surface area contributed by atoms with Gasteiger partial charge in [-0.15, -0.1) is 11.3 Å². The number of amides is 1. The van der Waals surface area contributed by atoms with Gasteiger partial charge in [-0.25, -0.2) is 19.3 Å². The Morgan fingerprint density at radius 1 is 1.19 bits per heavy atom. The van der Waals surface area contributed by atoms with Gasteiger partial charge >= 0.3 is 0 Å². The lowest BCUT2D eigenvalue weighted by Gasteiger charge is -2.34. The molecule has 1 amide bonds. The highest BCUT2D eigenvalue weighted by atomic mass is 32.1. The van der Waals surface area contributed by atoms with Gasteiger partial charge in [0.15, 0.2) is 0 Å². The molecule has 0 aliphatic carbocycles. The summed E-state index contributed by atoms with van der Waals surface area (Å²) in [5, 5.41) is 3.94. The third-order valence-electron chi connectivity index (χ3n) is 5.55. The molecule has 0 bridgehead atoms. The molecule has 1 aliphatic rings. The molecule has 1 atom stereocenters. The average molecular weight is 440 g/mol. The van der Waals surface area contributed by atoms with E-state index in [1.54, 1.807) is 29.7 Å². The van der Waals surface area contributed by atoms with Crippen LogP contribution < -0.4 is 5.32 Å². The molecule has 8 heteroatoms. The summed E-state index contributed by atoms with van der Waals surface area (Å²) in [5.41, 5.74) is 1.97. The van der Waals surface area contributed by atoms with Gasteiger partial charge in [0.05, 0.1) is 22.3 Å². The molecule has 1 saturated heterocycles. The molecule has 6 nitrogen and oxygen atoms in total. The number of benzene rings is 1. The van der Waals surface area contributed by atoms with Crippen molar-refractivity contribution >= 4 is 17.2 Å². The maximum absolute atomic E-state index is 13.0. The van der Waals surface area contributed by atoms with Gasteiger partial charge in [-0.1, -0.05) is 18.6 Å². The van der Waals surface area contributed by atoms with Gasteiger partial charge in [0.1, 0.15) is 11.6 Å². The number of nitrogens with zero attached hydrogens (tertiary/aromatic N) is 4. The van der Waals surface area contributed by atoms with Gasteiger partial charge in [-0.05, 0) is 50.9 Å². The Morgan fingerprint density at radius 3 is 2.71 bits per heavy atom. The quantitative estimate of drug-likeness (QED) is 0.618. The topological polar surface area (TPSA) is 71.0 Å². The van der Waals surface area contributed by atoms with Crippen LogP contribution in [0.1, 0.15) is 62.6 Å². The summed E-state index contributed by atoms with van der Waals surface area (Å²) in [6.45, 7) is 6.04. The second-order valence-electron chi connectivity index (χ2n) is 7.86. The molecule has 0 radical (unpaired) electrons. The molecule has 2 aromatic heterocycles. The lowest BCUT2D eigenvalue weighted by atomic mass is 10.0. The third-order valence-corrected chi connectivity index (χ3v) is 6.45. The normalized spacial score (nSPS) is 16.9. The Bertz CT molecular complexity index is 1050. The third kappa shape index (κ3) is 5.32. The van der Waals surface area contributed by atoms with Crippen molar-refractivity contribution in [3.05, 3.63) is 75.0 Å². The number of hydrogen-bond acceptors (Lipinski definition) is 6. The van der Waals surface area contributed by atoms with E-state index < -0.39 is 0 Å². The Balaban J connectivity index is 1.45. The minimum atomic E-state index is -0.294. The SMILES string of the molecule is Cc1ncc(CN2CCCC[C@@H]2c2ncc(C(=O)NCc3ccc(F)cc3)c(C)n2)s1. The summed E-state index contributed by atoms with van der Waals surface area (Å²) in [6, 6.07) is 6.22. The highest BCUT2D eigenvalue weighted by Gasteiger charge is 2.27. The summed E-state index contributed by atoms with van der Waals surface area (Å²) >= 11 is 1.73. The minimum absolute atomic E-state index is 0.145. The number of nitrogens with one attached hydrogen (secondary N) is 1. The van der Waals surface area contributed by atoms with E-state index in [1.807, 2.05) is 20.0 Å². The Hall–Kier alpha value is -2.71. The summed E-state index contributed by atoms with van der Waals surface area (Å²) in [5.74, 6) is 0.250. The minimum Gasteiger partial charge on any atom is -0.348 e. The zero-order valence-corrected chi connectivity index (χ0v) is 18.6. The molecule has 3 heterocycles. The van der Waals surface area contributed by atoms with Gasteiger partial charge in [0.2, 0.25) is 0 Å². The maximum Gasteiger partial charge on any atom is 0.254 e. The number of thiazole rings is 1. The fourth-order valence-electron chi connectivity index (χ4n) is 3.90. The number of halogens is 1. The second-order valence-corrected chi connectivity index (χ2v) is 9.18.